The van der Waals surface area contributed by atoms with Crippen LogP contribution < -0.4 is 0 Å². The average molecular weight is 469 g/mol. The lowest BCUT2D eigenvalue weighted by molar-refractivity contribution is -0.143. The second-order valence-corrected chi connectivity index (χ2v) is 8.56. The van der Waals surface area contributed by atoms with Gasteiger partial charge in [-0.25, -0.2) is 14.5 Å². The number of carboxylic acids is 1. The summed E-state index contributed by atoms with van der Waals surface area (Å²) >= 11 is 2.04. The van der Waals surface area contributed by atoms with Gasteiger partial charge >= 0.3 is 18.2 Å². The Morgan fingerprint density at radius 3 is 1.72 bits per heavy atom. The molecule has 2 amide bonds. The molecular weight excluding hydrogens is 441 g/mol. The van der Waals surface area contributed by atoms with Gasteiger partial charge in [-0.05, 0) is 48.0 Å². The summed E-state index contributed by atoms with van der Waals surface area (Å²) < 4.78 is 11.1. The quantitative estimate of drug-likeness (QED) is 0.356. The number of ether oxygens (including phenoxy) is 2. The SMILES string of the molecule is C=C[C@@H](C(CCI)C(=O)O)N(C(=O)OC(C)(C)C)C(=O)OC(C)(C)C. The Balaban J connectivity index is 5.88. The second kappa shape index (κ2) is 9.40. The highest BCUT2D eigenvalue weighted by Crippen LogP contribution is 2.23. The number of hydrogen-bond donors (Lipinski definition) is 1. The van der Waals surface area contributed by atoms with E-state index in [1.54, 1.807) is 41.5 Å². The monoisotopic (exact) mass is 469 g/mol. The van der Waals surface area contributed by atoms with E-state index < -0.39 is 41.3 Å². The fourth-order valence-corrected chi connectivity index (χ4v) is 2.62. The number of halogens is 1. The van der Waals surface area contributed by atoms with Crippen LogP contribution in [0.25, 0.3) is 0 Å². The minimum absolute atomic E-state index is 0.259. The maximum atomic E-state index is 12.6. The lowest BCUT2D eigenvalue weighted by atomic mass is 9.96. The van der Waals surface area contributed by atoms with Crippen molar-refractivity contribution >= 4 is 40.7 Å². The molecule has 0 radical (unpaired) electrons. The summed E-state index contributed by atoms with van der Waals surface area (Å²) in [4.78, 5) is 37.5. The van der Waals surface area contributed by atoms with Gasteiger partial charge in [0.05, 0.1) is 12.0 Å². The van der Waals surface area contributed by atoms with Gasteiger partial charge in [0.1, 0.15) is 11.2 Å². The minimum Gasteiger partial charge on any atom is -0.481 e. The number of imide groups is 1. The summed E-state index contributed by atoms with van der Waals surface area (Å²) in [6, 6.07) is -1.09. The van der Waals surface area contributed by atoms with Crippen molar-refractivity contribution in [2.24, 2.45) is 5.92 Å². The molecule has 1 N–H and O–H groups in total. The molecule has 0 aromatic carbocycles. The lowest BCUT2D eigenvalue weighted by Gasteiger charge is -2.34. The second-order valence-electron chi connectivity index (χ2n) is 7.48. The smallest absolute Gasteiger partial charge is 0.420 e. The summed E-state index contributed by atoms with van der Waals surface area (Å²) in [7, 11) is 0. The molecular formula is C17H28INO6. The zero-order valence-electron chi connectivity index (χ0n) is 15.7. The Bertz CT molecular complexity index is 478. The molecule has 0 saturated heterocycles. The van der Waals surface area contributed by atoms with E-state index in [9.17, 15) is 19.5 Å². The van der Waals surface area contributed by atoms with Crippen LogP contribution in [0.4, 0.5) is 9.59 Å². The van der Waals surface area contributed by atoms with Crippen molar-refractivity contribution in [3.63, 3.8) is 0 Å². The van der Waals surface area contributed by atoms with Crippen molar-refractivity contribution in [3.05, 3.63) is 12.7 Å². The van der Waals surface area contributed by atoms with Gasteiger partial charge in [0.15, 0.2) is 0 Å². The van der Waals surface area contributed by atoms with E-state index in [1.165, 1.54) is 6.08 Å². The topological polar surface area (TPSA) is 93.1 Å². The maximum absolute atomic E-state index is 12.6. The number of nitrogens with zero attached hydrogens (tertiary/aromatic N) is 1. The van der Waals surface area contributed by atoms with E-state index in [1.807, 2.05) is 22.6 Å². The van der Waals surface area contributed by atoms with Gasteiger partial charge in [-0.1, -0.05) is 28.7 Å². The van der Waals surface area contributed by atoms with Crippen LogP contribution in [0.15, 0.2) is 12.7 Å². The summed E-state index contributed by atoms with van der Waals surface area (Å²) in [6.07, 6.45) is -0.411. The van der Waals surface area contributed by atoms with Crippen LogP contribution in [-0.4, -0.2) is 49.8 Å². The van der Waals surface area contributed by atoms with Crippen molar-refractivity contribution in [1.29, 1.82) is 0 Å². The Kier molecular flexibility index (Phi) is 8.90. The third-order valence-electron chi connectivity index (χ3n) is 2.87. The standard InChI is InChI=1S/C17H28INO6/c1-8-12(11(9-10-18)13(20)21)19(14(22)24-16(2,3)4)15(23)25-17(5,6)7/h8,11-12H,1,9-10H2,2-7H3,(H,20,21)/t11?,12-/m0/s1. The van der Waals surface area contributed by atoms with Crippen LogP contribution in [0, 0.1) is 5.92 Å². The molecule has 0 heterocycles. The maximum Gasteiger partial charge on any atom is 0.420 e. The highest BCUT2D eigenvalue weighted by atomic mass is 127. The molecule has 0 saturated carbocycles. The van der Waals surface area contributed by atoms with Crippen molar-refractivity contribution in [2.45, 2.75) is 65.2 Å². The molecule has 0 aliphatic rings. The predicted molar refractivity (Wildman–Crippen MR) is 103 cm³/mol. The summed E-state index contributed by atoms with van der Waals surface area (Å²) in [5.74, 6) is -2.13. The van der Waals surface area contributed by atoms with Crippen LogP contribution in [0.2, 0.25) is 0 Å². The molecule has 8 heteroatoms. The van der Waals surface area contributed by atoms with E-state index >= 15 is 0 Å². The first kappa shape index (κ1) is 23.7. The molecule has 0 fully saturated rings. The van der Waals surface area contributed by atoms with Gasteiger partial charge in [0.25, 0.3) is 0 Å². The van der Waals surface area contributed by atoms with Gasteiger partial charge in [-0.15, -0.1) is 6.58 Å². The van der Waals surface area contributed by atoms with Crippen molar-refractivity contribution in [3.8, 4) is 0 Å². The molecule has 0 spiro atoms. The molecule has 0 aliphatic heterocycles. The van der Waals surface area contributed by atoms with Crippen LogP contribution >= 0.6 is 22.6 Å². The zero-order chi connectivity index (χ0) is 20.0. The van der Waals surface area contributed by atoms with Gasteiger partial charge in [-0.3, -0.25) is 4.79 Å². The number of hydrogen-bond acceptors (Lipinski definition) is 5. The van der Waals surface area contributed by atoms with Crippen molar-refractivity contribution in [2.75, 3.05) is 4.43 Å². The summed E-state index contributed by atoms with van der Waals surface area (Å²) in [5, 5.41) is 9.50. The number of rotatable bonds is 6. The molecule has 25 heavy (non-hydrogen) atoms. The van der Waals surface area contributed by atoms with Gasteiger partial charge < -0.3 is 14.6 Å². The van der Waals surface area contributed by atoms with Crippen LogP contribution in [0.1, 0.15) is 48.0 Å². The number of alkyl halides is 1. The number of carboxylic acid groups (broad SMARTS) is 1. The fourth-order valence-electron chi connectivity index (χ4n) is 1.95. The Hall–Kier alpha value is -1.32. The minimum atomic E-state index is -1.13. The fraction of sp³-hybridized carbons (Fsp3) is 0.706. The first-order chi connectivity index (χ1) is 11.2. The van der Waals surface area contributed by atoms with E-state index in [0.29, 0.717) is 9.33 Å². The van der Waals surface area contributed by atoms with Crippen LogP contribution in [0.3, 0.4) is 0 Å². The number of amides is 2. The van der Waals surface area contributed by atoms with E-state index in [0.717, 1.165) is 0 Å². The highest BCUT2D eigenvalue weighted by molar-refractivity contribution is 14.1. The lowest BCUT2D eigenvalue weighted by Crippen LogP contribution is -2.52. The van der Waals surface area contributed by atoms with Crippen LogP contribution in [0.5, 0.6) is 0 Å². The number of aliphatic carboxylic acids is 1. The molecule has 2 atom stereocenters. The van der Waals surface area contributed by atoms with Crippen molar-refractivity contribution < 1.29 is 29.0 Å². The Morgan fingerprint density at radius 2 is 1.48 bits per heavy atom. The largest absolute Gasteiger partial charge is 0.481 e. The first-order valence-corrected chi connectivity index (χ1v) is 9.42. The predicted octanol–water partition coefficient (Wildman–Crippen LogP) is 4.24. The molecule has 144 valence electrons. The molecule has 7 nitrogen and oxygen atoms in total. The zero-order valence-corrected chi connectivity index (χ0v) is 17.8. The highest BCUT2D eigenvalue weighted by Gasteiger charge is 2.41. The Morgan fingerprint density at radius 1 is 1.08 bits per heavy atom. The summed E-state index contributed by atoms with van der Waals surface area (Å²) in [5.41, 5.74) is -1.71. The van der Waals surface area contributed by atoms with Crippen LogP contribution in [-0.2, 0) is 14.3 Å². The number of carbonyl (C=O) groups excluding carboxylic acids is 2. The third kappa shape index (κ3) is 8.55. The van der Waals surface area contributed by atoms with E-state index in [2.05, 4.69) is 6.58 Å². The molecule has 0 aromatic heterocycles. The molecule has 1 unspecified atom stereocenters. The first-order valence-electron chi connectivity index (χ1n) is 7.90. The van der Waals surface area contributed by atoms with Gasteiger partial charge in [0, 0.05) is 4.43 Å². The normalized spacial score (nSPS) is 14.2. The third-order valence-corrected chi connectivity index (χ3v) is 3.49. The van der Waals surface area contributed by atoms with Crippen molar-refractivity contribution in [1.82, 2.24) is 4.90 Å². The van der Waals surface area contributed by atoms with E-state index in [-0.39, 0.29) is 6.42 Å². The average Bonchev–Trinajstić information content (AvgIpc) is 2.37. The molecule has 0 aromatic rings. The van der Waals surface area contributed by atoms with E-state index in [4.69, 9.17) is 9.47 Å². The molecule has 0 bridgehead atoms. The van der Waals surface area contributed by atoms with Gasteiger partial charge in [-0.2, -0.15) is 0 Å². The molecule has 0 aliphatic carbocycles. The summed E-state index contributed by atoms with van der Waals surface area (Å²) in [6.45, 7) is 13.5. The molecule has 0 rings (SSSR count). The Labute approximate surface area is 162 Å². The number of carbonyl (C=O) groups is 3. The van der Waals surface area contributed by atoms with Gasteiger partial charge in [0.2, 0.25) is 0 Å².